The highest BCUT2D eigenvalue weighted by atomic mass is 32.2. The molecule has 0 N–H and O–H groups in total. The molecule has 2 unspecified atom stereocenters. The largest absolute Gasteiger partial charge is 0.496 e. The first-order chi connectivity index (χ1) is 17.0. The fourth-order valence-electron chi connectivity index (χ4n) is 6.41. The van der Waals surface area contributed by atoms with Crippen molar-refractivity contribution in [2.75, 3.05) is 27.9 Å². The van der Waals surface area contributed by atoms with Gasteiger partial charge in [0.2, 0.25) is 11.6 Å². The van der Waals surface area contributed by atoms with Crippen LogP contribution in [0.4, 0.5) is 0 Å². The Morgan fingerprint density at radius 1 is 0.971 bits per heavy atom. The molecule has 1 fully saturated rings. The predicted molar refractivity (Wildman–Crippen MR) is 136 cm³/mol. The maximum atomic E-state index is 14.1. The SMILES string of the molecule is COc1ccc(OC)c2cc3c(cc12)C(=O)[C@@]1(OC)OCC2C(Sc4ccccc4)=CC[C@]3(C)C21. The third-order valence-electron chi connectivity index (χ3n) is 8.04. The van der Waals surface area contributed by atoms with Gasteiger partial charge in [-0.1, -0.05) is 43.0 Å². The number of ether oxygens (including phenoxy) is 4. The van der Waals surface area contributed by atoms with Gasteiger partial charge >= 0.3 is 0 Å². The number of ketones is 1. The van der Waals surface area contributed by atoms with E-state index in [0.717, 1.165) is 28.5 Å². The lowest BCUT2D eigenvalue weighted by molar-refractivity contribution is -0.191. The Hall–Kier alpha value is -2.80. The smallest absolute Gasteiger partial charge is 0.237 e. The summed E-state index contributed by atoms with van der Waals surface area (Å²) in [4.78, 5) is 16.6. The van der Waals surface area contributed by atoms with Gasteiger partial charge in [0, 0.05) is 45.6 Å². The average Bonchev–Trinajstić information content (AvgIpc) is 3.31. The number of Topliss-reactive ketones (excluding diaryl/α,β-unsaturated/α-hetero) is 1. The van der Waals surface area contributed by atoms with Crippen LogP contribution in [0.5, 0.6) is 11.5 Å². The van der Waals surface area contributed by atoms with Gasteiger partial charge in [0.25, 0.3) is 0 Å². The third kappa shape index (κ3) is 3.06. The standard InChI is InChI=1S/C29H28O5S/c1-28-13-12-25(35-17-8-6-5-7-9-17)21-16-34-29(33-4,26(21)28)27(30)20-14-18-19(15-22(20)28)24(32-3)11-10-23(18)31-2/h5-12,14-15,21,26H,13,16H2,1-4H3/t21?,26?,28-,29-/m0/s1. The molecular formula is C29H28O5S. The van der Waals surface area contributed by atoms with Crippen molar-refractivity contribution < 1.29 is 23.7 Å². The first-order valence-electron chi connectivity index (χ1n) is 11.8. The fourth-order valence-corrected chi connectivity index (χ4v) is 7.50. The van der Waals surface area contributed by atoms with Crippen LogP contribution < -0.4 is 9.47 Å². The second-order valence-electron chi connectivity index (χ2n) is 9.65. The van der Waals surface area contributed by atoms with Crippen molar-refractivity contribution in [1.82, 2.24) is 0 Å². The first-order valence-corrected chi connectivity index (χ1v) is 12.6. The summed E-state index contributed by atoms with van der Waals surface area (Å²) in [5.41, 5.74) is 1.32. The summed E-state index contributed by atoms with van der Waals surface area (Å²) in [5, 5.41) is 1.78. The Balaban J connectivity index is 1.57. The Morgan fingerprint density at radius 2 is 1.66 bits per heavy atom. The maximum absolute atomic E-state index is 14.1. The van der Waals surface area contributed by atoms with Crippen LogP contribution in [0.3, 0.4) is 0 Å². The molecule has 0 saturated carbocycles. The minimum atomic E-state index is -1.30. The molecule has 1 heterocycles. The van der Waals surface area contributed by atoms with Gasteiger partial charge in [-0.15, -0.1) is 0 Å². The van der Waals surface area contributed by atoms with Crippen LogP contribution in [0.1, 0.15) is 29.3 Å². The van der Waals surface area contributed by atoms with Crippen LogP contribution >= 0.6 is 11.8 Å². The molecule has 0 radical (unpaired) electrons. The van der Waals surface area contributed by atoms with Crippen molar-refractivity contribution in [3.63, 3.8) is 0 Å². The lowest BCUT2D eigenvalue weighted by Gasteiger charge is -2.51. The monoisotopic (exact) mass is 488 g/mol. The molecule has 180 valence electrons. The summed E-state index contributed by atoms with van der Waals surface area (Å²) >= 11 is 1.76. The van der Waals surface area contributed by atoms with Gasteiger partial charge in [-0.3, -0.25) is 4.79 Å². The minimum Gasteiger partial charge on any atom is -0.496 e. The molecule has 0 aromatic heterocycles. The highest BCUT2D eigenvalue weighted by Crippen LogP contribution is 2.62. The van der Waals surface area contributed by atoms with E-state index >= 15 is 0 Å². The molecule has 35 heavy (non-hydrogen) atoms. The van der Waals surface area contributed by atoms with Gasteiger partial charge in [-0.25, -0.2) is 0 Å². The predicted octanol–water partition coefficient (Wildman–Crippen LogP) is 6.00. The number of carbonyl (C=O) groups is 1. The zero-order chi connectivity index (χ0) is 24.4. The Morgan fingerprint density at radius 3 is 2.31 bits per heavy atom. The van der Waals surface area contributed by atoms with Crippen LogP contribution in [0.25, 0.3) is 10.8 Å². The molecule has 5 nitrogen and oxygen atoms in total. The van der Waals surface area contributed by atoms with E-state index in [-0.39, 0.29) is 23.0 Å². The average molecular weight is 489 g/mol. The second kappa shape index (κ2) is 8.12. The van der Waals surface area contributed by atoms with E-state index in [1.54, 1.807) is 33.1 Å². The van der Waals surface area contributed by atoms with Crippen LogP contribution in [0.2, 0.25) is 0 Å². The Bertz CT molecular complexity index is 1370. The van der Waals surface area contributed by atoms with Crippen LogP contribution in [-0.2, 0) is 14.9 Å². The minimum absolute atomic E-state index is 0.0684. The van der Waals surface area contributed by atoms with Crippen molar-refractivity contribution >= 4 is 28.3 Å². The Labute approximate surface area is 209 Å². The number of hydrogen-bond donors (Lipinski definition) is 0. The molecule has 4 atom stereocenters. The summed E-state index contributed by atoms with van der Waals surface area (Å²) in [6.07, 6.45) is 3.12. The van der Waals surface area contributed by atoms with Crippen LogP contribution in [0.15, 0.2) is 70.5 Å². The third-order valence-corrected chi connectivity index (χ3v) is 9.25. The van der Waals surface area contributed by atoms with Gasteiger partial charge < -0.3 is 18.9 Å². The van der Waals surface area contributed by atoms with Gasteiger partial charge in [-0.2, -0.15) is 0 Å². The number of rotatable bonds is 5. The second-order valence-corrected chi connectivity index (χ2v) is 10.8. The summed E-state index contributed by atoms with van der Waals surface area (Å²) in [7, 11) is 4.90. The first kappa shape index (κ1) is 22.7. The molecule has 1 aliphatic heterocycles. The molecule has 6 heteroatoms. The van der Waals surface area contributed by atoms with E-state index in [1.807, 2.05) is 36.4 Å². The molecule has 3 aromatic carbocycles. The quantitative estimate of drug-likeness (QED) is 0.439. The zero-order valence-electron chi connectivity index (χ0n) is 20.3. The maximum Gasteiger partial charge on any atom is 0.237 e. The number of methoxy groups -OCH3 is 3. The molecule has 6 rings (SSSR count). The molecular weight excluding hydrogens is 460 g/mol. The van der Waals surface area contributed by atoms with E-state index in [2.05, 4.69) is 31.2 Å². The van der Waals surface area contributed by atoms with Gasteiger partial charge in [-0.05, 0) is 53.3 Å². The van der Waals surface area contributed by atoms with Crippen molar-refractivity contribution in [3.8, 4) is 11.5 Å². The Kier molecular flexibility index (Phi) is 5.25. The lowest BCUT2D eigenvalue weighted by Crippen LogP contribution is -2.59. The number of hydrogen-bond acceptors (Lipinski definition) is 6. The lowest BCUT2D eigenvalue weighted by atomic mass is 9.55. The summed E-state index contributed by atoms with van der Waals surface area (Å²) in [6.45, 7) is 2.70. The van der Waals surface area contributed by atoms with E-state index < -0.39 is 5.79 Å². The molecule has 2 aliphatic carbocycles. The number of thioether (sulfide) groups is 1. The molecule has 0 spiro atoms. The van der Waals surface area contributed by atoms with Gasteiger partial charge in [0.05, 0.1) is 20.8 Å². The molecule has 0 bridgehead atoms. The summed E-state index contributed by atoms with van der Waals surface area (Å²) in [5.74, 6) is -0.0235. The number of carbonyl (C=O) groups excluding carboxylic acids is 1. The molecule has 1 saturated heterocycles. The van der Waals surface area contributed by atoms with Crippen molar-refractivity contribution in [2.45, 2.75) is 29.4 Å². The number of benzene rings is 3. The molecule has 3 aliphatic rings. The normalized spacial score (nSPS) is 28.9. The van der Waals surface area contributed by atoms with E-state index in [4.69, 9.17) is 18.9 Å². The van der Waals surface area contributed by atoms with Gasteiger partial charge in [0.1, 0.15) is 11.5 Å². The van der Waals surface area contributed by atoms with Crippen molar-refractivity contribution in [2.24, 2.45) is 11.8 Å². The van der Waals surface area contributed by atoms with E-state index in [0.29, 0.717) is 17.9 Å². The molecule has 3 aromatic rings. The fraction of sp³-hybridized carbons (Fsp3) is 0.345. The van der Waals surface area contributed by atoms with Crippen molar-refractivity contribution in [3.05, 3.63) is 76.7 Å². The highest BCUT2D eigenvalue weighted by molar-refractivity contribution is 8.03. The summed E-state index contributed by atoms with van der Waals surface area (Å²) < 4.78 is 23.7. The number of allylic oxidation sites excluding steroid dienone is 1. The van der Waals surface area contributed by atoms with Crippen molar-refractivity contribution in [1.29, 1.82) is 0 Å². The number of fused-ring (bicyclic) bond motifs is 3. The topological polar surface area (TPSA) is 54.0 Å². The van der Waals surface area contributed by atoms with Gasteiger partial charge in [0.15, 0.2) is 0 Å². The molecule has 0 amide bonds. The van der Waals surface area contributed by atoms with E-state index in [9.17, 15) is 4.79 Å². The summed E-state index contributed by atoms with van der Waals surface area (Å²) in [6, 6.07) is 18.2. The highest BCUT2D eigenvalue weighted by Gasteiger charge is 2.67. The van der Waals surface area contributed by atoms with Crippen LogP contribution in [0, 0.1) is 11.8 Å². The van der Waals surface area contributed by atoms with E-state index in [1.165, 1.54) is 9.80 Å². The zero-order valence-corrected chi connectivity index (χ0v) is 21.1. The van der Waals surface area contributed by atoms with Crippen LogP contribution in [-0.4, -0.2) is 39.5 Å².